The van der Waals surface area contributed by atoms with E-state index in [9.17, 15) is 14.4 Å². The molecule has 142 valence electrons. The molecule has 26 heavy (non-hydrogen) atoms. The van der Waals surface area contributed by atoms with Gasteiger partial charge in [0.25, 0.3) is 5.91 Å². The summed E-state index contributed by atoms with van der Waals surface area (Å²) in [4.78, 5) is 38.4. The number of hydrogen-bond acceptors (Lipinski definition) is 5. The Labute approximate surface area is 152 Å². The second-order valence-corrected chi connectivity index (χ2v) is 7.26. The molecule has 0 aliphatic carbocycles. The molecule has 1 aromatic heterocycles. The summed E-state index contributed by atoms with van der Waals surface area (Å²) in [5, 5.41) is 8.75. The Morgan fingerprint density at radius 2 is 2.23 bits per heavy atom. The molecule has 2 fully saturated rings. The second kappa shape index (κ2) is 7.90. The molecule has 3 rings (SSSR count). The number of nitrogens with zero attached hydrogens (tertiary/aromatic N) is 1. The Balaban J connectivity index is 1.57. The van der Waals surface area contributed by atoms with E-state index in [1.165, 1.54) is 6.26 Å². The average Bonchev–Trinajstić information content (AvgIpc) is 3.23. The molecule has 0 aromatic carbocycles. The van der Waals surface area contributed by atoms with E-state index in [4.69, 9.17) is 4.42 Å². The summed E-state index contributed by atoms with van der Waals surface area (Å²) < 4.78 is 5.11. The van der Waals surface area contributed by atoms with Crippen molar-refractivity contribution in [1.82, 2.24) is 20.9 Å². The topological polar surface area (TPSA) is 104 Å². The van der Waals surface area contributed by atoms with Crippen LogP contribution >= 0.6 is 0 Å². The summed E-state index contributed by atoms with van der Waals surface area (Å²) in [6.45, 7) is 4.99. The van der Waals surface area contributed by atoms with E-state index >= 15 is 0 Å². The van der Waals surface area contributed by atoms with Gasteiger partial charge in [0.2, 0.25) is 11.8 Å². The first kappa shape index (κ1) is 18.4. The Bertz CT molecular complexity index is 658. The van der Waals surface area contributed by atoms with Gasteiger partial charge in [-0.2, -0.15) is 0 Å². The number of hydrogen-bond donors (Lipinski definition) is 3. The molecule has 2 saturated heterocycles. The SMILES string of the molecule is CC(C)NC(=O)CC[C@@H]1CNC(=O)[C@@H]2C[C@H](NC(=O)c3ccco3)CN12. The number of amides is 3. The van der Waals surface area contributed by atoms with Gasteiger partial charge in [0.1, 0.15) is 0 Å². The number of rotatable bonds is 6. The number of furan rings is 1. The molecule has 8 nitrogen and oxygen atoms in total. The quantitative estimate of drug-likeness (QED) is 0.673. The smallest absolute Gasteiger partial charge is 0.287 e. The summed E-state index contributed by atoms with van der Waals surface area (Å²) >= 11 is 0. The molecule has 3 amide bonds. The lowest BCUT2D eigenvalue weighted by Crippen LogP contribution is -2.58. The third-order valence-corrected chi connectivity index (χ3v) is 4.86. The minimum Gasteiger partial charge on any atom is -0.459 e. The average molecular weight is 362 g/mol. The molecule has 8 heteroatoms. The van der Waals surface area contributed by atoms with Crippen LogP contribution in [0.3, 0.4) is 0 Å². The Kier molecular flexibility index (Phi) is 5.61. The summed E-state index contributed by atoms with van der Waals surface area (Å²) in [6, 6.07) is 3.12. The fourth-order valence-electron chi connectivity index (χ4n) is 3.70. The monoisotopic (exact) mass is 362 g/mol. The molecule has 1 aromatic rings. The summed E-state index contributed by atoms with van der Waals surface area (Å²) in [5.41, 5.74) is 0. The van der Waals surface area contributed by atoms with Gasteiger partial charge in [0, 0.05) is 37.6 Å². The van der Waals surface area contributed by atoms with Crippen LogP contribution in [0.4, 0.5) is 0 Å². The first-order valence-electron chi connectivity index (χ1n) is 9.11. The van der Waals surface area contributed by atoms with E-state index in [1.54, 1.807) is 12.1 Å². The molecular formula is C18H26N4O4. The summed E-state index contributed by atoms with van der Waals surface area (Å²) in [5.74, 6) is 0.00675. The summed E-state index contributed by atoms with van der Waals surface area (Å²) in [7, 11) is 0. The van der Waals surface area contributed by atoms with Gasteiger partial charge >= 0.3 is 0 Å². The van der Waals surface area contributed by atoms with Crippen molar-refractivity contribution in [3.63, 3.8) is 0 Å². The van der Waals surface area contributed by atoms with E-state index in [-0.39, 0.29) is 47.6 Å². The van der Waals surface area contributed by atoms with Crippen molar-refractivity contribution in [2.24, 2.45) is 0 Å². The largest absolute Gasteiger partial charge is 0.459 e. The molecule has 0 unspecified atom stereocenters. The van der Waals surface area contributed by atoms with Crippen molar-refractivity contribution in [3.8, 4) is 0 Å². The van der Waals surface area contributed by atoms with Crippen LogP contribution in [-0.4, -0.2) is 59.9 Å². The lowest BCUT2D eigenvalue weighted by molar-refractivity contribution is -0.129. The highest BCUT2D eigenvalue weighted by Gasteiger charge is 2.43. The van der Waals surface area contributed by atoms with Gasteiger partial charge in [-0.15, -0.1) is 0 Å². The van der Waals surface area contributed by atoms with Crippen LogP contribution in [0.25, 0.3) is 0 Å². The van der Waals surface area contributed by atoms with Crippen molar-refractivity contribution >= 4 is 17.7 Å². The van der Waals surface area contributed by atoms with Gasteiger partial charge in [-0.1, -0.05) is 0 Å². The maximum Gasteiger partial charge on any atom is 0.287 e. The van der Waals surface area contributed by atoms with E-state index in [0.29, 0.717) is 32.4 Å². The standard InChI is InChI=1S/C18H26N4O4/c1-11(2)20-16(23)6-5-13-9-19-17(24)14-8-12(10-22(13)14)21-18(25)15-4-3-7-26-15/h3-4,7,11-14H,5-6,8-10H2,1-2H3,(H,19,24)(H,20,23)(H,21,25)/t12-,13+,14-/m0/s1. The molecular weight excluding hydrogens is 336 g/mol. The first-order chi connectivity index (χ1) is 12.4. The normalized spacial score (nSPS) is 25.7. The van der Waals surface area contributed by atoms with Crippen molar-refractivity contribution in [2.75, 3.05) is 13.1 Å². The van der Waals surface area contributed by atoms with Crippen LogP contribution in [0.5, 0.6) is 0 Å². The molecule has 3 atom stereocenters. The van der Waals surface area contributed by atoms with Crippen LogP contribution in [0.15, 0.2) is 22.8 Å². The fraction of sp³-hybridized carbons (Fsp3) is 0.611. The number of carbonyl (C=O) groups is 3. The van der Waals surface area contributed by atoms with E-state index in [1.807, 2.05) is 13.8 Å². The van der Waals surface area contributed by atoms with Gasteiger partial charge in [-0.05, 0) is 38.8 Å². The van der Waals surface area contributed by atoms with Gasteiger partial charge < -0.3 is 20.4 Å². The first-order valence-corrected chi connectivity index (χ1v) is 9.11. The van der Waals surface area contributed by atoms with Crippen LogP contribution in [0.2, 0.25) is 0 Å². The van der Waals surface area contributed by atoms with Crippen LogP contribution in [0, 0.1) is 0 Å². The second-order valence-electron chi connectivity index (χ2n) is 7.26. The number of nitrogens with one attached hydrogen (secondary N) is 3. The van der Waals surface area contributed by atoms with E-state index in [0.717, 1.165) is 0 Å². The zero-order valence-corrected chi connectivity index (χ0v) is 15.2. The maximum atomic E-state index is 12.2. The fourth-order valence-corrected chi connectivity index (χ4v) is 3.70. The van der Waals surface area contributed by atoms with Crippen LogP contribution in [0.1, 0.15) is 43.7 Å². The minimum atomic E-state index is -0.270. The number of carbonyl (C=O) groups excluding carboxylic acids is 3. The zero-order chi connectivity index (χ0) is 18.7. The van der Waals surface area contributed by atoms with Crippen LogP contribution in [-0.2, 0) is 9.59 Å². The molecule has 0 saturated carbocycles. The Morgan fingerprint density at radius 3 is 2.92 bits per heavy atom. The van der Waals surface area contributed by atoms with Crippen LogP contribution < -0.4 is 16.0 Å². The summed E-state index contributed by atoms with van der Waals surface area (Å²) in [6.07, 6.45) is 3.12. The zero-order valence-electron chi connectivity index (χ0n) is 15.2. The van der Waals surface area contributed by atoms with Crippen molar-refractivity contribution in [3.05, 3.63) is 24.2 Å². The van der Waals surface area contributed by atoms with Crippen molar-refractivity contribution in [2.45, 2.75) is 57.3 Å². The predicted octanol–water partition coefficient (Wildman–Crippen LogP) is 0.256. The van der Waals surface area contributed by atoms with Gasteiger partial charge in [0.15, 0.2) is 5.76 Å². The Hall–Kier alpha value is -2.35. The molecule has 0 radical (unpaired) electrons. The highest BCUT2D eigenvalue weighted by molar-refractivity contribution is 5.91. The van der Waals surface area contributed by atoms with Gasteiger partial charge in [0.05, 0.1) is 12.3 Å². The van der Waals surface area contributed by atoms with Crippen molar-refractivity contribution in [1.29, 1.82) is 0 Å². The van der Waals surface area contributed by atoms with Gasteiger partial charge in [-0.25, -0.2) is 0 Å². The van der Waals surface area contributed by atoms with E-state index in [2.05, 4.69) is 20.9 Å². The maximum absolute atomic E-state index is 12.2. The molecule has 3 heterocycles. The molecule has 2 aliphatic heterocycles. The lowest BCUT2D eigenvalue weighted by atomic mass is 10.0. The predicted molar refractivity (Wildman–Crippen MR) is 94.4 cm³/mol. The molecule has 0 spiro atoms. The Morgan fingerprint density at radius 1 is 1.42 bits per heavy atom. The highest BCUT2D eigenvalue weighted by Crippen LogP contribution is 2.26. The lowest BCUT2D eigenvalue weighted by Gasteiger charge is -2.37. The minimum absolute atomic E-state index is 0.0115. The molecule has 2 aliphatic rings. The highest BCUT2D eigenvalue weighted by atomic mass is 16.3. The number of fused-ring (bicyclic) bond motifs is 1. The molecule has 3 N–H and O–H groups in total. The van der Waals surface area contributed by atoms with Gasteiger partial charge in [-0.3, -0.25) is 19.3 Å². The molecule has 0 bridgehead atoms. The number of piperazine rings is 1. The van der Waals surface area contributed by atoms with Crippen molar-refractivity contribution < 1.29 is 18.8 Å². The van der Waals surface area contributed by atoms with E-state index < -0.39 is 0 Å². The third kappa shape index (κ3) is 4.24. The third-order valence-electron chi connectivity index (χ3n) is 4.86.